The Hall–Kier alpha value is -0.110. The van der Waals surface area contributed by atoms with Gasteiger partial charge in [-0.1, -0.05) is 55.1 Å². The smallest absolute Gasteiger partial charge is 0.367 e. The van der Waals surface area contributed by atoms with E-state index in [4.69, 9.17) is 29.7 Å². The summed E-state index contributed by atoms with van der Waals surface area (Å²) >= 11 is 10.1. The van der Waals surface area contributed by atoms with Crippen LogP contribution in [0.25, 0.3) is 0 Å². The van der Waals surface area contributed by atoms with Gasteiger partial charge < -0.3 is 23.0 Å². The van der Waals surface area contributed by atoms with Gasteiger partial charge in [0.15, 0.2) is 10.6 Å². The van der Waals surface area contributed by atoms with E-state index in [1.54, 1.807) is 13.8 Å². The van der Waals surface area contributed by atoms with E-state index in [1.807, 2.05) is 74.5 Å². The summed E-state index contributed by atoms with van der Waals surface area (Å²) in [5.41, 5.74) is 0. The molecule has 0 unspecified atom stereocenters. The van der Waals surface area contributed by atoms with Crippen LogP contribution < -0.4 is 15.5 Å². The summed E-state index contributed by atoms with van der Waals surface area (Å²) in [5, 5.41) is 1.93. The van der Waals surface area contributed by atoms with Crippen LogP contribution in [0.3, 0.4) is 0 Å². The van der Waals surface area contributed by atoms with Crippen molar-refractivity contribution in [3.05, 3.63) is 60.7 Å². The van der Waals surface area contributed by atoms with E-state index in [0.29, 0.717) is 33.0 Å². The van der Waals surface area contributed by atoms with E-state index in [9.17, 15) is 4.89 Å². The Balaban J connectivity index is 0.000000579. The van der Waals surface area contributed by atoms with Crippen LogP contribution in [-0.4, -0.2) is 33.0 Å². The number of rotatable bonds is 15. The fraction of sp³-hybridized carbons (Fsp3) is 0.478. The van der Waals surface area contributed by atoms with E-state index < -0.39 is 21.2 Å². The summed E-state index contributed by atoms with van der Waals surface area (Å²) in [6.07, 6.45) is 0.872. The van der Waals surface area contributed by atoms with Gasteiger partial charge in [-0.15, -0.1) is 4.31 Å². The highest BCUT2D eigenvalue weighted by atomic mass is 32.5. The van der Waals surface area contributed by atoms with Crippen molar-refractivity contribution in [2.24, 2.45) is 0 Å². The quantitative estimate of drug-likeness (QED) is 0.240. The molecule has 0 atom stereocenters. The second-order valence-electron chi connectivity index (χ2n) is 6.70. The lowest BCUT2D eigenvalue weighted by Gasteiger charge is -2.28. The van der Waals surface area contributed by atoms with Gasteiger partial charge in [-0.2, -0.15) is 4.52 Å². The largest absolute Gasteiger partial charge is 0.780 e. The molecule has 0 aliphatic rings. The molecule has 2 aromatic carbocycles. The Morgan fingerprint density at radius 3 is 1.43 bits per heavy atom. The van der Waals surface area contributed by atoms with Crippen LogP contribution in [0, 0.1) is 0 Å². The lowest BCUT2D eigenvalue weighted by Crippen LogP contribution is -2.26. The highest BCUT2D eigenvalue weighted by Gasteiger charge is 2.53. The van der Waals surface area contributed by atoms with Gasteiger partial charge in [0.25, 0.3) is 0 Å². The van der Waals surface area contributed by atoms with Crippen LogP contribution in [0.2, 0.25) is 0 Å². The van der Waals surface area contributed by atoms with E-state index >= 15 is 0 Å². The molecule has 0 bridgehead atoms. The number of hydrogen-bond donors (Lipinski definition) is 0. The Morgan fingerprint density at radius 2 is 1.09 bits per heavy atom. The molecule has 7 nitrogen and oxygen atoms in total. The summed E-state index contributed by atoms with van der Waals surface area (Å²) in [7, 11) is -2.70. The van der Waals surface area contributed by atoms with Crippen LogP contribution in [0.15, 0.2) is 60.7 Å². The first-order valence-electron chi connectivity index (χ1n) is 11.6. The first-order chi connectivity index (χ1) is 16.7. The van der Waals surface area contributed by atoms with Gasteiger partial charge in [-0.25, -0.2) is 0 Å². The molecule has 0 amide bonds. The van der Waals surface area contributed by atoms with E-state index in [1.165, 1.54) is 0 Å². The van der Waals surface area contributed by atoms with E-state index in [-0.39, 0.29) is 0 Å². The van der Waals surface area contributed by atoms with Crippen molar-refractivity contribution in [1.29, 1.82) is 0 Å². The van der Waals surface area contributed by atoms with Crippen LogP contribution in [0.1, 0.15) is 41.0 Å². The molecule has 0 aliphatic heterocycles. The van der Waals surface area contributed by atoms with Gasteiger partial charge in [0, 0.05) is 0 Å². The topological polar surface area (TPSA) is 78.4 Å². The van der Waals surface area contributed by atoms with Gasteiger partial charge in [0.05, 0.1) is 33.0 Å². The minimum atomic E-state index is -3.11. The molecule has 2 aromatic rings. The summed E-state index contributed by atoms with van der Waals surface area (Å²) < 4.78 is 33.8. The van der Waals surface area contributed by atoms with Crippen LogP contribution >= 0.6 is 21.2 Å². The number of benzene rings is 2. The maximum atomic E-state index is 10.8. The first-order valence-corrected chi connectivity index (χ1v) is 18.3. The summed E-state index contributed by atoms with van der Waals surface area (Å²) in [6.45, 7) is 5.31. The molecule has 0 heterocycles. The molecule has 198 valence electrons. The lowest BCUT2D eigenvalue weighted by molar-refractivity contribution is -0.205. The predicted molar refractivity (Wildman–Crippen MR) is 151 cm³/mol. The normalized spacial score (nSPS) is 12.2. The molecule has 0 radical (unpaired) electrons. The third kappa shape index (κ3) is 11.4. The summed E-state index contributed by atoms with van der Waals surface area (Å²) in [4.78, 5) is 10.8. The Labute approximate surface area is 221 Å². The second-order valence-corrected chi connectivity index (χ2v) is 15.3. The van der Waals surface area contributed by atoms with Crippen molar-refractivity contribution in [1.82, 2.24) is 0 Å². The Kier molecular flexibility index (Phi) is 16.4. The molecule has 0 saturated heterocycles. The maximum absolute atomic E-state index is 10.8. The van der Waals surface area contributed by atoms with Crippen LogP contribution in [-0.2, 0) is 50.5 Å². The van der Waals surface area contributed by atoms with E-state index in [2.05, 4.69) is 27.8 Å². The van der Waals surface area contributed by atoms with Gasteiger partial charge in [-0.05, 0) is 70.2 Å². The van der Waals surface area contributed by atoms with Crippen molar-refractivity contribution in [3.63, 3.8) is 0 Å². The third-order valence-corrected chi connectivity index (χ3v) is 12.4. The lowest BCUT2D eigenvalue weighted by atomic mass is 10.4. The fourth-order valence-corrected chi connectivity index (χ4v) is 10.9. The van der Waals surface area contributed by atoms with Gasteiger partial charge in [0.2, 0.25) is 0 Å². The van der Waals surface area contributed by atoms with E-state index in [0.717, 1.165) is 17.0 Å². The highest BCUT2D eigenvalue weighted by Crippen LogP contribution is 2.71. The average Bonchev–Trinajstić information content (AvgIpc) is 2.83. The zero-order valence-corrected chi connectivity index (χ0v) is 25.3. The molecule has 0 aliphatic carbocycles. The first kappa shape index (κ1) is 32.9. The second kappa shape index (κ2) is 17.4. The molecular weight excluding hydrogens is 545 g/mol. The van der Waals surface area contributed by atoms with Crippen molar-refractivity contribution in [3.8, 4) is 0 Å². The van der Waals surface area contributed by atoms with Crippen LogP contribution in [0.5, 0.6) is 0 Å². The monoisotopic (exact) mass is 582 g/mol. The summed E-state index contributed by atoms with van der Waals surface area (Å²) in [6, 6.07) is 20.0. The maximum Gasteiger partial charge on any atom is 0.367 e. The molecular formula is C23H37O7P3S2. The summed E-state index contributed by atoms with van der Waals surface area (Å²) in [5.74, 6) is 0. The van der Waals surface area contributed by atoms with Crippen molar-refractivity contribution in [2.75, 3.05) is 33.0 Å². The highest BCUT2D eigenvalue weighted by molar-refractivity contribution is 8.10. The van der Waals surface area contributed by atoms with Gasteiger partial charge in [0.1, 0.15) is 6.72 Å². The Morgan fingerprint density at radius 1 is 0.686 bits per heavy atom. The molecule has 0 aromatic heterocycles. The fourth-order valence-electron chi connectivity index (χ4n) is 2.78. The predicted octanol–water partition coefficient (Wildman–Crippen LogP) is 5.87. The number of hydrogen-bond acceptors (Lipinski definition) is 9. The SMILES string of the molecule is CCCO[P+](OP(=S)(OCC)OCC)(c1ccccc1)c1ccccc1.CCOP([O-])(=S)OCC. The Bertz CT molecular complexity index is 860. The van der Waals surface area contributed by atoms with Gasteiger partial charge >= 0.3 is 14.4 Å². The molecule has 2 rings (SSSR count). The standard InChI is InChI=1S/C19H27O4P2S.C4H11O3PS/c1-4-17-22-24(18-13-9-7-10-14-18,19-15-11-8-12-16-19)23-25(26,20-5-2)21-6-3;1-3-6-8(5,9)7-4-2/h7-16H,4-6,17H2,1-3H3;3-4H2,1-2H3,(H,5,9)/q+1;/p-1. The average molecular weight is 583 g/mol. The van der Waals surface area contributed by atoms with Crippen molar-refractivity contribution in [2.45, 2.75) is 41.0 Å². The molecule has 0 saturated carbocycles. The molecule has 0 spiro atoms. The molecule has 35 heavy (non-hydrogen) atoms. The molecule has 12 heteroatoms. The van der Waals surface area contributed by atoms with Crippen LogP contribution in [0.4, 0.5) is 0 Å². The van der Waals surface area contributed by atoms with Crippen molar-refractivity contribution >= 4 is 55.4 Å². The zero-order chi connectivity index (χ0) is 26.2. The van der Waals surface area contributed by atoms with Crippen molar-refractivity contribution < 1.29 is 31.8 Å². The van der Waals surface area contributed by atoms with Gasteiger partial charge in [-0.3, -0.25) is 0 Å². The minimum absolute atomic E-state index is 0.334. The minimum Gasteiger partial charge on any atom is -0.780 e. The molecule has 0 N–H and O–H groups in total. The molecule has 0 fully saturated rings. The zero-order valence-electron chi connectivity index (χ0n) is 21.0. The third-order valence-electron chi connectivity index (χ3n) is 4.03.